The maximum Gasteiger partial charge on any atom is 0.280 e. The first kappa shape index (κ1) is 48.1. The zero-order valence-corrected chi connectivity index (χ0v) is 31.9. The molecule has 0 saturated heterocycles. The van der Waals surface area contributed by atoms with Gasteiger partial charge in [-0.15, -0.1) is 21.9 Å². The second kappa shape index (κ2) is 18.6. The van der Waals surface area contributed by atoms with Crippen LogP contribution in [0.25, 0.3) is 0 Å². The summed E-state index contributed by atoms with van der Waals surface area (Å²) < 4.78 is 302. The van der Waals surface area contributed by atoms with Gasteiger partial charge in [-0.3, -0.25) is 0 Å². The van der Waals surface area contributed by atoms with Crippen LogP contribution in [0, 0.1) is 116 Å². The van der Waals surface area contributed by atoms with E-state index in [1.54, 1.807) is 0 Å². The van der Waals surface area contributed by atoms with Crippen LogP contribution in [0.15, 0.2) is 48.9 Å². The first-order valence-electron chi connectivity index (χ1n) is 18.4. The fraction of sp³-hybridized carbons (Fsp3) is 0.171. The molecule has 1 heterocycles. The van der Waals surface area contributed by atoms with Crippen molar-refractivity contribution in [1.29, 1.82) is 0 Å². The molecule has 1 aromatic heterocycles. The Hall–Kier alpha value is -6.36. The molecule has 1 fully saturated rings. The molecule has 1 saturated carbocycles. The first-order chi connectivity index (χ1) is 30.6. The molecule has 0 bridgehead atoms. The van der Waals surface area contributed by atoms with Crippen molar-refractivity contribution < 1.29 is 97.1 Å². The van der Waals surface area contributed by atoms with Gasteiger partial charge in [-0.05, 0) is 25.7 Å². The molecule has 0 N–H and O–H groups in total. The van der Waals surface area contributed by atoms with Crippen LogP contribution in [0.2, 0.25) is 0 Å². The molecule has 7 rings (SSSR count). The number of hydrogen-bond donors (Lipinski definition) is 0. The lowest BCUT2D eigenvalue weighted by Gasteiger charge is -2.44. The fourth-order valence-corrected chi connectivity index (χ4v) is 7.59. The Kier molecular flexibility index (Phi) is 13.8. The summed E-state index contributed by atoms with van der Waals surface area (Å²) in [5.74, 6) is -70.7. The lowest BCUT2D eigenvalue weighted by molar-refractivity contribution is -0.689. The lowest BCUT2D eigenvalue weighted by Crippen LogP contribution is -2.81. The van der Waals surface area contributed by atoms with Gasteiger partial charge in [0.25, 0.3) is 5.88 Å². The summed E-state index contributed by atoms with van der Waals surface area (Å²) in [6.07, 6.45) is 5.17. The number of aromatic nitrogens is 2. The van der Waals surface area contributed by atoms with E-state index >= 15 is 35.1 Å². The van der Waals surface area contributed by atoms with Gasteiger partial charge < -0.3 is 4.74 Å². The van der Waals surface area contributed by atoms with Gasteiger partial charge in [-0.1, -0.05) is 36.8 Å². The summed E-state index contributed by atoms with van der Waals surface area (Å²) in [5, 5.41) is 0. The molecule has 6 aromatic rings. The highest BCUT2D eigenvalue weighted by atomic mass is 19.2. The van der Waals surface area contributed by atoms with Crippen molar-refractivity contribution >= 4 is 28.0 Å². The molecule has 0 atom stereocenters. The zero-order chi connectivity index (χ0) is 48.0. The first-order valence-corrected chi connectivity index (χ1v) is 18.4. The Balaban J connectivity index is 0.000000289. The van der Waals surface area contributed by atoms with E-state index < -0.39 is 144 Å². The number of benzene rings is 5. The standard InChI is InChI=1S/C24BF20.C17H21N2O/c26-5-1(6(27)14(35)21(42)13(5)34)25(2-7(28)15(36)22(43)16(37)8(2)29,3-9(30)17(38)23(44)18(39)10(3)31)4-11(32)19(40)24(45)20(41)12(4)33;1-3-7-15(8-4-1)13-19-12-11-18-17(14-19)20-16-9-5-2-6-10-16/h;1,3-4,7-8,11-12,14,16H,2,5-6,9-10,13H2/q-1;+1. The minimum atomic E-state index is -7.22. The van der Waals surface area contributed by atoms with Crippen LogP contribution in [0.1, 0.15) is 37.7 Å². The molecule has 0 spiro atoms. The molecule has 0 radical (unpaired) electrons. The van der Waals surface area contributed by atoms with Crippen LogP contribution in [0.3, 0.4) is 0 Å². The van der Waals surface area contributed by atoms with E-state index in [-0.39, 0.29) is 0 Å². The topological polar surface area (TPSA) is 26.0 Å². The molecule has 3 nitrogen and oxygen atoms in total. The van der Waals surface area contributed by atoms with Crippen LogP contribution >= 0.6 is 0 Å². The van der Waals surface area contributed by atoms with Gasteiger partial charge in [0, 0.05) is 5.56 Å². The average Bonchev–Trinajstić information content (AvgIpc) is 3.30. The Bertz CT molecular complexity index is 2440. The van der Waals surface area contributed by atoms with Gasteiger partial charge in [0.1, 0.15) is 58.8 Å². The van der Waals surface area contributed by atoms with E-state index in [4.69, 9.17) is 4.74 Å². The van der Waals surface area contributed by atoms with Crippen molar-refractivity contribution in [3.8, 4) is 5.88 Å². The number of halogens is 20. The maximum atomic E-state index is 15.4. The van der Waals surface area contributed by atoms with Crippen molar-refractivity contribution in [1.82, 2.24) is 4.98 Å². The third-order valence-corrected chi connectivity index (χ3v) is 10.5. The van der Waals surface area contributed by atoms with Gasteiger partial charge in [-0.2, -0.15) is 4.57 Å². The Morgan fingerprint density at radius 2 is 0.738 bits per heavy atom. The fourth-order valence-electron chi connectivity index (χ4n) is 7.59. The molecule has 24 heteroatoms. The van der Waals surface area contributed by atoms with Crippen LogP contribution in [0.4, 0.5) is 87.8 Å². The Morgan fingerprint density at radius 1 is 0.431 bits per heavy atom. The number of hydrogen-bond acceptors (Lipinski definition) is 2. The van der Waals surface area contributed by atoms with Crippen molar-refractivity contribution in [2.24, 2.45) is 0 Å². The normalized spacial score (nSPS) is 13.2. The summed E-state index contributed by atoms with van der Waals surface area (Å²) >= 11 is 0. The zero-order valence-electron chi connectivity index (χ0n) is 31.9. The summed E-state index contributed by atoms with van der Waals surface area (Å²) in [4.78, 5) is 4.33. The van der Waals surface area contributed by atoms with Crippen molar-refractivity contribution in [2.75, 3.05) is 0 Å². The van der Waals surface area contributed by atoms with E-state index in [9.17, 15) is 52.7 Å². The van der Waals surface area contributed by atoms with Gasteiger partial charge in [0.05, 0.1) is 6.20 Å². The van der Waals surface area contributed by atoms with Gasteiger partial charge in [0.2, 0.25) is 6.20 Å². The van der Waals surface area contributed by atoms with E-state index in [1.807, 2.05) is 24.7 Å². The molecular formula is C41H21BF20N2O. The second-order valence-corrected chi connectivity index (χ2v) is 14.2. The third-order valence-electron chi connectivity index (χ3n) is 10.5. The number of ether oxygens (including phenoxy) is 1. The highest BCUT2D eigenvalue weighted by Gasteiger charge is 2.52. The van der Waals surface area contributed by atoms with Crippen LogP contribution in [-0.2, 0) is 6.54 Å². The van der Waals surface area contributed by atoms with E-state index in [0.29, 0.717) is 6.10 Å². The van der Waals surface area contributed by atoms with Crippen LogP contribution < -0.4 is 31.2 Å². The number of nitrogens with zero attached hydrogens (tertiary/aromatic N) is 2. The molecule has 0 unspecified atom stereocenters. The van der Waals surface area contributed by atoms with E-state index in [1.165, 1.54) is 24.8 Å². The minimum absolute atomic E-state index is 0.351. The highest BCUT2D eigenvalue weighted by Crippen LogP contribution is 2.31. The summed E-state index contributed by atoms with van der Waals surface area (Å²) in [6.45, 7) is 0.852. The van der Waals surface area contributed by atoms with Gasteiger partial charge >= 0.3 is 0 Å². The molecule has 65 heavy (non-hydrogen) atoms. The van der Waals surface area contributed by atoms with Gasteiger partial charge in [-0.25, -0.2) is 92.8 Å². The highest BCUT2D eigenvalue weighted by molar-refractivity contribution is 7.20. The minimum Gasteiger partial charge on any atom is -0.470 e. The second-order valence-electron chi connectivity index (χ2n) is 14.2. The largest absolute Gasteiger partial charge is 0.470 e. The van der Waals surface area contributed by atoms with Crippen molar-refractivity contribution in [3.05, 3.63) is 171 Å². The Morgan fingerprint density at radius 3 is 1.06 bits per heavy atom. The monoisotopic (exact) mass is 948 g/mol. The molecule has 0 aliphatic heterocycles. The van der Waals surface area contributed by atoms with E-state index in [0.717, 1.165) is 25.3 Å². The predicted octanol–water partition coefficient (Wildman–Crippen LogP) is 8.97. The van der Waals surface area contributed by atoms with Crippen molar-refractivity contribution in [2.45, 2.75) is 44.8 Å². The lowest BCUT2D eigenvalue weighted by atomic mass is 9.12. The summed E-state index contributed by atoms with van der Waals surface area (Å²) in [7, 11) is 0. The molecular weight excluding hydrogens is 927 g/mol. The Labute approximate surface area is 351 Å². The van der Waals surface area contributed by atoms with E-state index in [2.05, 4.69) is 33.8 Å². The molecule has 1 aliphatic carbocycles. The van der Waals surface area contributed by atoms with Gasteiger partial charge in [0.15, 0.2) is 82.5 Å². The average molecular weight is 948 g/mol. The van der Waals surface area contributed by atoms with Crippen molar-refractivity contribution in [3.63, 3.8) is 0 Å². The quantitative estimate of drug-likeness (QED) is 0.0501. The molecule has 1 aliphatic rings. The SMILES string of the molecule is Fc1c(F)c(F)c([B-](c2c(F)c(F)c(F)c(F)c2F)(c2c(F)c(F)c(F)c(F)c2F)c2c(F)c(F)c(F)c(F)c2F)c(F)c1F.c1ccc(C[n+]2ccnc(OC3CCCCC3)c2)cc1. The molecule has 5 aromatic carbocycles. The molecule has 0 amide bonds. The summed E-state index contributed by atoms with van der Waals surface area (Å²) in [5.41, 5.74) is -13.0. The third kappa shape index (κ3) is 8.19. The smallest absolute Gasteiger partial charge is 0.280 e. The number of rotatable bonds is 8. The van der Waals surface area contributed by atoms with Crippen LogP contribution in [0.5, 0.6) is 5.88 Å². The molecule has 344 valence electrons. The van der Waals surface area contributed by atoms with Crippen LogP contribution in [-0.4, -0.2) is 17.2 Å². The maximum absolute atomic E-state index is 15.4. The summed E-state index contributed by atoms with van der Waals surface area (Å²) in [6, 6.07) is 10.4. The predicted molar refractivity (Wildman–Crippen MR) is 187 cm³/mol.